The maximum atomic E-state index is 13.0. The number of hydrogen-bond donors (Lipinski definition) is 1. The molecule has 1 rings (SSSR count). The zero-order valence-corrected chi connectivity index (χ0v) is 8.36. The predicted octanol–water partition coefficient (Wildman–Crippen LogP) is 2.43. The average Bonchev–Trinajstić information content (AvgIpc) is 2.01. The lowest BCUT2D eigenvalue weighted by Crippen LogP contribution is -1.94. The Bertz CT molecular complexity index is 263. The molecule has 0 heterocycles. The fourth-order valence-electron chi connectivity index (χ4n) is 1.07. The molecule has 0 aliphatic heterocycles. The molecule has 1 aromatic rings. The lowest BCUT2D eigenvalue weighted by atomic mass is 10.1. The molecule has 12 heavy (non-hydrogen) atoms. The lowest BCUT2D eigenvalue weighted by molar-refractivity contribution is 0.299. The van der Waals surface area contributed by atoms with Gasteiger partial charge in [-0.3, -0.25) is 0 Å². The quantitative estimate of drug-likeness (QED) is 0.831. The van der Waals surface area contributed by atoms with Crippen LogP contribution in [0.15, 0.2) is 16.6 Å². The van der Waals surface area contributed by atoms with E-state index in [1.165, 1.54) is 0 Å². The highest BCUT2D eigenvalue weighted by Crippen LogP contribution is 2.20. The lowest BCUT2D eigenvalue weighted by Gasteiger charge is -2.03. The van der Waals surface area contributed by atoms with Crippen LogP contribution in [0.2, 0.25) is 0 Å². The summed E-state index contributed by atoms with van der Waals surface area (Å²) in [7, 11) is 0. The van der Waals surface area contributed by atoms with Crippen LogP contribution in [0.4, 0.5) is 4.39 Å². The first-order valence-corrected chi connectivity index (χ1v) is 4.50. The molecule has 0 atom stereocenters. The Hall–Kier alpha value is -0.410. The molecule has 0 aliphatic carbocycles. The summed E-state index contributed by atoms with van der Waals surface area (Å²) in [5.41, 5.74) is 1.55. The SMILES string of the molecule is Cc1cc(CCO)cc(Br)c1F. The Labute approximate surface area is 79.4 Å². The van der Waals surface area contributed by atoms with Crippen LogP contribution in [-0.2, 0) is 6.42 Å². The zero-order chi connectivity index (χ0) is 9.14. The van der Waals surface area contributed by atoms with E-state index in [4.69, 9.17) is 5.11 Å². The number of rotatable bonds is 2. The van der Waals surface area contributed by atoms with Crippen LogP contribution in [0.5, 0.6) is 0 Å². The van der Waals surface area contributed by atoms with Crippen LogP contribution >= 0.6 is 15.9 Å². The first kappa shape index (κ1) is 9.68. The van der Waals surface area contributed by atoms with Gasteiger partial charge in [0.15, 0.2) is 0 Å². The van der Waals surface area contributed by atoms with Crippen LogP contribution in [0.3, 0.4) is 0 Å². The molecule has 0 saturated carbocycles. The van der Waals surface area contributed by atoms with Crippen molar-refractivity contribution in [3.05, 3.63) is 33.5 Å². The molecule has 3 heteroatoms. The van der Waals surface area contributed by atoms with Crippen LogP contribution in [0, 0.1) is 12.7 Å². The zero-order valence-electron chi connectivity index (χ0n) is 6.77. The number of aryl methyl sites for hydroxylation is 1. The molecule has 0 amide bonds. The van der Waals surface area contributed by atoms with Crippen molar-refractivity contribution in [3.63, 3.8) is 0 Å². The van der Waals surface area contributed by atoms with Crippen molar-refractivity contribution in [1.82, 2.24) is 0 Å². The highest BCUT2D eigenvalue weighted by molar-refractivity contribution is 9.10. The van der Waals surface area contributed by atoms with Gasteiger partial charge < -0.3 is 5.11 Å². The third-order valence-electron chi connectivity index (χ3n) is 1.67. The summed E-state index contributed by atoms with van der Waals surface area (Å²) < 4.78 is 13.5. The summed E-state index contributed by atoms with van der Waals surface area (Å²) in [5, 5.41) is 8.66. The molecule has 0 spiro atoms. The van der Waals surface area contributed by atoms with Crippen molar-refractivity contribution >= 4 is 15.9 Å². The van der Waals surface area contributed by atoms with Gasteiger partial charge in [-0.2, -0.15) is 0 Å². The molecule has 0 aliphatic rings. The number of benzene rings is 1. The number of aliphatic hydroxyl groups is 1. The summed E-state index contributed by atoms with van der Waals surface area (Å²) in [6.45, 7) is 1.80. The standard InChI is InChI=1S/C9H10BrFO/c1-6-4-7(2-3-12)5-8(10)9(6)11/h4-5,12H,2-3H2,1H3. The molecule has 0 saturated heterocycles. The predicted molar refractivity (Wildman–Crippen MR) is 49.6 cm³/mol. The van der Waals surface area contributed by atoms with Crippen molar-refractivity contribution in [2.75, 3.05) is 6.61 Å². The van der Waals surface area contributed by atoms with Crippen LogP contribution in [-0.4, -0.2) is 11.7 Å². The van der Waals surface area contributed by atoms with Gasteiger partial charge >= 0.3 is 0 Å². The monoisotopic (exact) mass is 232 g/mol. The number of hydrogen-bond acceptors (Lipinski definition) is 1. The van der Waals surface area contributed by atoms with E-state index in [1.54, 1.807) is 19.1 Å². The molecule has 0 fully saturated rings. The first-order valence-electron chi connectivity index (χ1n) is 3.70. The number of halogens is 2. The average molecular weight is 233 g/mol. The molecule has 1 aromatic carbocycles. The molecular weight excluding hydrogens is 223 g/mol. The van der Waals surface area contributed by atoms with E-state index in [9.17, 15) is 4.39 Å². The molecule has 0 radical (unpaired) electrons. The van der Waals surface area contributed by atoms with Gasteiger partial charge in [0, 0.05) is 6.61 Å². The van der Waals surface area contributed by atoms with Crippen molar-refractivity contribution < 1.29 is 9.50 Å². The normalized spacial score (nSPS) is 10.3. The molecule has 1 nitrogen and oxygen atoms in total. The fraction of sp³-hybridized carbons (Fsp3) is 0.333. The molecular formula is C9H10BrFO. The second-order valence-electron chi connectivity index (χ2n) is 2.68. The topological polar surface area (TPSA) is 20.2 Å². The van der Waals surface area contributed by atoms with Crippen molar-refractivity contribution in [3.8, 4) is 0 Å². The summed E-state index contributed by atoms with van der Waals surface area (Å²) in [6.07, 6.45) is 0.569. The van der Waals surface area contributed by atoms with Crippen molar-refractivity contribution in [2.24, 2.45) is 0 Å². The summed E-state index contributed by atoms with van der Waals surface area (Å²) in [6, 6.07) is 3.44. The van der Waals surface area contributed by atoms with Gasteiger partial charge in [-0.25, -0.2) is 4.39 Å². The third-order valence-corrected chi connectivity index (χ3v) is 2.25. The number of aliphatic hydroxyl groups excluding tert-OH is 1. The molecule has 0 aromatic heterocycles. The van der Waals surface area contributed by atoms with E-state index in [0.717, 1.165) is 5.56 Å². The molecule has 0 bridgehead atoms. The second-order valence-corrected chi connectivity index (χ2v) is 3.54. The Morgan fingerprint density at radius 2 is 2.17 bits per heavy atom. The van der Waals surface area contributed by atoms with E-state index in [2.05, 4.69) is 15.9 Å². The van der Waals surface area contributed by atoms with E-state index >= 15 is 0 Å². The molecule has 0 unspecified atom stereocenters. The maximum absolute atomic E-state index is 13.0. The van der Waals surface area contributed by atoms with Gasteiger partial charge in [-0.05, 0) is 46.5 Å². The minimum Gasteiger partial charge on any atom is -0.396 e. The Morgan fingerprint density at radius 3 is 2.67 bits per heavy atom. The van der Waals surface area contributed by atoms with Gasteiger partial charge in [0.05, 0.1) is 4.47 Å². The highest BCUT2D eigenvalue weighted by atomic mass is 79.9. The third kappa shape index (κ3) is 2.05. The van der Waals surface area contributed by atoms with E-state index in [0.29, 0.717) is 16.5 Å². The Morgan fingerprint density at radius 1 is 1.50 bits per heavy atom. The van der Waals surface area contributed by atoms with Gasteiger partial charge in [0.25, 0.3) is 0 Å². The van der Waals surface area contributed by atoms with E-state index in [-0.39, 0.29) is 12.4 Å². The van der Waals surface area contributed by atoms with Gasteiger partial charge in [-0.15, -0.1) is 0 Å². The molecule has 1 N–H and O–H groups in total. The fourth-order valence-corrected chi connectivity index (χ4v) is 1.68. The largest absolute Gasteiger partial charge is 0.396 e. The van der Waals surface area contributed by atoms with Crippen LogP contribution in [0.1, 0.15) is 11.1 Å². The Kier molecular flexibility index (Phi) is 3.23. The summed E-state index contributed by atoms with van der Waals surface area (Å²) in [4.78, 5) is 0. The minimum absolute atomic E-state index is 0.0948. The Balaban J connectivity index is 3.04. The second kappa shape index (κ2) is 4.01. The summed E-state index contributed by atoms with van der Waals surface area (Å²) in [5.74, 6) is -0.225. The van der Waals surface area contributed by atoms with E-state index in [1.807, 2.05) is 0 Å². The van der Waals surface area contributed by atoms with Crippen LogP contribution in [0.25, 0.3) is 0 Å². The highest BCUT2D eigenvalue weighted by Gasteiger charge is 2.04. The maximum Gasteiger partial charge on any atom is 0.140 e. The molecule has 66 valence electrons. The summed E-state index contributed by atoms with van der Waals surface area (Å²) >= 11 is 3.11. The van der Waals surface area contributed by atoms with Gasteiger partial charge in [0.1, 0.15) is 5.82 Å². The smallest absolute Gasteiger partial charge is 0.140 e. The van der Waals surface area contributed by atoms with E-state index < -0.39 is 0 Å². The van der Waals surface area contributed by atoms with Crippen molar-refractivity contribution in [1.29, 1.82) is 0 Å². The minimum atomic E-state index is -0.225. The van der Waals surface area contributed by atoms with Gasteiger partial charge in [0.2, 0.25) is 0 Å². The van der Waals surface area contributed by atoms with Crippen LogP contribution < -0.4 is 0 Å². The first-order chi connectivity index (χ1) is 5.65. The van der Waals surface area contributed by atoms with Gasteiger partial charge in [-0.1, -0.05) is 6.07 Å². The van der Waals surface area contributed by atoms with Crippen molar-refractivity contribution in [2.45, 2.75) is 13.3 Å².